The predicted octanol–water partition coefficient (Wildman–Crippen LogP) is 6.71. The highest BCUT2D eigenvalue weighted by atomic mass is 35.5. The smallest absolute Gasteiger partial charge is 0.124 e. The van der Waals surface area contributed by atoms with Crippen molar-refractivity contribution in [3.05, 3.63) is 87.5 Å². The van der Waals surface area contributed by atoms with E-state index in [1.165, 1.54) is 19.3 Å². The third kappa shape index (κ3) is 6.69. The molecule has 0 aliphatic carbocycles. The molecule has 0 amide bonds. The zero-order chi connectivity index (χ0) is 24.6. The minimum atomic E-state index is 0.0510. The van der Waals surface area contributed by atoms with E-state index in [2.05, 4.69) is 40.7 Å². The highest BCUT2D eigenvalue weighted by Crippen LogP contribution is 2.24. The first-order chi connectivity index (χ1) is 17.0. The van der Waals surface area contributed by atoms with Crippen molar-refractivity contribution in [1.82, 2.24) is 9.88 Å². The largest absolute Gasteiger partial charge is 0.492 e. The molecule has 2 unspecified atom stereocenters. The summed E-state index contributed by atoms with van der Waals surface area (Å²) < 4.78 is 6.06. The van der Waals surface area contributed by atoms with Crippen LogP contribution in [0.3, 0.4) is 0 Å². The van der Waals surface area contributed by atoms with Gasteiger partial charge in [-0.3, -0.25) is 4.90 Å². The Morgan fingerprint density at radius 2 is 1.77 bits per heavy atom. The molecule has 5 nitrogen and oxygen atoms in total. The third-order valence-corrected chi connectivity index (χ3v) is 6.81. The number of halogens is 1. The number of ether oxygens (including phenoxy) is 1. The van der Waals surface area contributed by atoms with Crippen LogP contribution in [0, 0.1) is 16.7 Å². The van der Waals surface area contributed by atoms with Crippen LogP contribution in [0.2, 0.25) is 5.02 Å². The highest BCUT2D eigenvalue weighted by molar-refractivity contribution is 6.30. The monoisotopic (exact) mass is 487 g/mol. The van der Waals surface area contributed by atoms with Gasteiger partial charge < -0.3 is 4.74 Å². The second-order valence-corrected chi connectivity index (χ2v) is 9.45. The summed E-state index contributed by atoms with van der Waals surface area (Å²) >= 11 is 5.97. The molecule has 1 aliphatic rings. The Bertz CT molecular complexity index is 1190. The van der Waals surface area contributed by atoms with Gasteiger partial charge >= 0.3 is 0 Å². The van der Waals surface area contributed by atoms with Crippen molar-refractivity contribution in [2.45, 2.75) is 51.7 Å². The van der Waals surface area contributed by atoms with Crippen LogP contribution in [0.5, 0.6) is 5.75 Å². The molecule has 1 fully saturated rings. The number of nitroso groups, excluding NO2 is 1. The molecule has 0 spiro atoms. The summed E-state index contributed by atoms with van der Waals surface area (Å²) in [6.45, 7) is 6.07. The van der Waals surface area contributed by atoms with Gasteiger partial charge in [-0.1, -0.05) is 47.3 Å². The maximum Gasteiger partial charge on any atom is 0.124 e. The molecule has 0 radical (unpaired) electrons. The van der Waals surface area contributed by atoms with E-state index in [9.17, 15) is 4.91 Å². The second kappa shape index (κ2) is 12.0. The Morgan fingerprint density at radius 3 is 2.46 bits per heavy atom. The first kappa shape index (κ1) is 24.9. The lowest BCUT2D eigenvalue weighted by molar-refractivity contribution is 0.0849. The second-order valence-electron chi connectivity index (χ2n) is 9.01. The van der Waals surface area contributed by atoms with E-state index >= 15 is 0 Å². The van der Waals surface area contributed by atoms with E-state index in [1.807, 2.05) is 54.6 Å². The molecule has 1 aromatic heterocycles. The van der Waals surface area contributed by atoms with Gasteiger partial charge in [0.1, 0.15) is 24.6 Å². The van der Waals surface area contributed by atoms with Crippen LogP contribution in [-0.2, 0) is 6.54 Å². The van der Waals surface area contributed by atoms with Crippen molar-refractivity contribution in [1.29, 1.82) is 0 Å². The van der Waals surface area contributed by atoms with Gasteiger partial charge in [-0.2, -0.15) is 4.91 Å². The maximum atomic E-state index is 11.0. The normalized spacial score (nSPS) is 17.9. The molecular formula is C29H30ClN3O2. The molecule has 4 rings (SSSR count). The lowest BCUT2D eigenvalue weighted by atomic mass is 9.98. The van der Waals surface area contributed by atoms with Crippen molar-refractivity contribution in [2.75, 3.05) is 13.2 Å². The first-order valence-corrected chi connectivity index (χ1v) is 12.5. The van der Waals surface area contributed by atoms with Gasteiger partial charge in [0.25, 0.3) is 0 Å². The van der Waals surface area contributed by atoms with Gasteiger partial charge in [-0.15, -0.1) is 0 Å². The first-order valence-electron chi connectivity index (χ1n) is 12.1. The summed E-state index contributed by atoms with van der Waals surface area (Å²) in [7, 11) is 0. The van der Waals surface area contributed by atoms with Crippen LogP contribution in [0.1, 0.15) is 49.9 Å². The van der Waals surface area contributed by atoms with Crippen LogP contribution in [0.4, 0.5) is 0 Å². The number of nitrogens with zero attached hydrogens (tertiary/aromatic N) is 3. The summed E-state index contributed by atoms with van der Waals surface area (Å²) in [5.41, 5.74) is 4.26. The predicted molar refractivity (Wildman–Crippen MR) is 142 cm³/mol. The fourth-order valence-electron chi connectivity index (χ4n) is 4.58. The van der Waals surface area contributed by atoms with Crippen LogP contribution >= 0.6 is 11.6 Å². The molecule has 1 aliphatic heterocycles. The van der Waals surface area contributed by atoms with Crippen LogP contribution in [0.15, 0.2) is 66.0 Å². The van der Waals surface area contributed by atoms with Crippen LogP contribution in [0.25, 0.3) is 11.1 Å². The highest BCUT2D eigenvalue weighted by Gasteiger charge is 2.24. The topological polar surface area (TPSA) is 54.8 Å². The van der Waals surface area contributed by atoms with Crippen LogP contribution < -0.4 is 4.74 Å². The van der Waals surface area contributed by atoms with Crippen LogP contribution in [-0.4, -0.2) is 35.1 Å². The summed E-state index contributed by atoms with van der Waals surface area (Å²) in [6, 6.07) is 18.3. The van der Waals surface area contributed by atoms with Gasteiger partial charge in [0.15, 0.2) is 0 Å². The number of piperidine rings is 1. The van der Waals surface area contributed by atoms with E-state index in [4.69, 9.17) is 16.3 Å². The lowest BCUT2D eigenvalue weighted by Gasteiger charge is -2.38. The van der Waals surface area contributed by atoms with E-state index in [0.29, 0.717) is 35.2 Å². The zero-order valence-electron chi connectivity index (χ0n) is 20.2. The molecule has 2 heterocycles. The fourth-order valence-corrected chi connectivity index (χ4v) is 4.71. The number of aromatic nitrogens is 1. The Balaban J connectivity index is 1.41. The van der Waals surface area contributed by atoms with Crippen molar-refractivity contribution in [3.8, 4) is 28.7 Å². The van der Waals surface area contributed by atoms with Crippen molar-refractivity contribution in [2.24, 2.45) is 5.18 Å². The Morgan fingerprint density at radius 1 is 1.03 bits per heavy atom. The third-order valence-electron chi connectivity index (χ3n) is 6.55. The molecule has 6 heteroatoms. The van der Waals surface area contributed by atoms with Gasteiger partial charge in [0, 0.05) is 46.5 Å². The van der Waals surface area contributed by atoms with Gasteiger partial charge in [-0.05, 0) is 74.6 Å². The summed E-state index contributed by atoms with van der Waals surface area (Å²) in [5, 5.41) is 3.79. The van der Waals surface area contributed by atoms with Crippen molar-refractivity contribution >= 4 is 11.6 Å². The Kier molecular flexibility index (Phi) is 8.52. The van der Waals surface area contributed by atoms with E-state index in [-0.39, 0.29) is 6.54 Å². The number of pyridine rings is 1. The Labute approximate surface area is 212 Å². The fraction of sp³-hybridized carbons (Fsp3) is 0.345. The number of hydrogen-bond acceptors (Lipinski definition) is 5. The van der Waals surface area contributed by atoms with Crippen molar-refractivity contribution in [3.63, 3.8) is 0 Å². The molecule has 3 aromatic rings. The molecule has 0 bridgehead atoms. The summed E-state index contributed by atoms with van der Waals surface area (Å²) in [6.07, 6.45) is 5.56. The Hall–Kier alpha value is -3.20. The van der Waals surface area contributed by atoms with E-state index < -0.39 is 0 Å². The number of benzene rings is 2. The number of hydrogen-bond donors (Lipinski definition) is 0. The van der Waals surface area contributed by atoms with Gasteiger partial charge in [-0.25, -0.2) is 4.98 Å². The minimum absolute atomic E-state index is 0.0510. The molecular weight excluding hydrogens is 458 g/mol. The van der Waals surface area contributed by atoms with E-state index in [1.54, 1.807) is 6.20 Å². The lowest BCUT2D eigenvalue weighted by Crippen LogP contribution is -2.45. The molecule has 2 atom stereocenters. The molecule has 2 aromatic carbocycles. The summed E-state index contributed by atoms with van der Waals surface area (Å²) in [5.74, 6) is 6.92. The quantitative estimate of drug-likeness (QED) is 0.274. The van der Waals surface area contributed by atoms with Crippen molar-refractivity contribution < 1.29 is 4.74 Å². The number of rotatable bonds is 7. The zero-order valence-corrected chi connectivity index (χ0v) is 21.0. The molecule has 180 valence electrons. The van der Waals surface area contributed by atoms with Gasteiger partial charge in [0.05, 0.1) is 0 Å². The van der Waals surface area contributed by atoms with Gasteiger partial charge in [0.2, 0.25) is 0 Å². The number of likely N-dealkylation sites (tertiary alicyclic amines) is 1. The molecule has 35 heavy (non-hydrogen) atoms. The maximum absolute atomic E-state index is 11.0. The minimum Gasteiger partial charge on any atom is -0.492 e. The molecule has 0 saturated carbocycles. The average Bonchev–Trinajstić information content (AvgIpc) is 2.86. The van der Waals surface area contributed by atoms with E-state index in [0.717, 1.165) is 28.8 Å². The standard InChI is InChI=1S/C29H30ClN3O2/c1-21-4-3-5-22(2)33(21)16-17-35-29-15-7-23(18-26(29)20-32-34)6-13-28-14-10-25(19-31-28)24-8-11-27(30)12-9-24/h7-12,14-15,18-19,21-22H,3-5,16-17,20H2,1-2H3. The molecule has 1 saturated heterocycles. The SMILES string of the molecule is CC1CCCC(C)N1CCOc1ccc(C#Cc2ccc(-c3ccc(Cl)cc3)cn2)cc1CN=O. The average molecular weight is 488 g/mol. The summed E-state index contributed by atoms with van der Waals surface area (Å²) in [4.78, 5) is 18.0. The molecule has 0 N–H and O–H groups in total.